The maximum Gasteiger partial charge on any atom is 0.416 e. The van der Waals surface area contributed by atoms with Crippen molar-refractivity contribution in [2.45, 2.75) is 32.5 Å². The first-order chi connectivity index (χ1) is 14.7. The normalized spacial score (nSPS) is 13.5. The van der Waals surface area contributed by atoms with E-state index < -0.39 is 23.7 Å². The first-order valence-electron chi connectivity index (χ1n) is 9.69. The summed E-state index contributed by atoms with van der Waals surface area (Å²) in [5.41, 5.74) is -0.0255. The molecule has 0 spiro atoms. The van der Waals surface area contributed by atoms with Crippen LogP contribution in [0.3, 0.4) is 0 Å². The van der Waals surface area contributed by atoms with Crippen LogP contribution in [0, 0.1) is 5.92 Å². The van der Waals surface area contributed by atoms with Gasteiger partial charge in [0.25, 0.3) is 5.91 Å². The summed E-state index contributed by atoms with van der Waals surface area (Å²) in [4.78, 5) is 17.1. The molecule has 31 heavy (non-hydrogen) atoms. The van der Waals surface area contributed by atoms with E-state index in [2.05, 4.69) is 15.5 Å². The number of alkyl halides is 3. The quantitative estimate of drug-likeness (QED) is 0.549. The van der Waals surface area contributed by atoms with Gasteiger partial charge < -0.3 is 14.6 Å². The van der Waals surface area contributed by atoms with Gasteiger partial charge in [0.1, 0.15) is 11.8 Å². The highest BCUT2D eigenvalue weighted by atomic mass is 19.4. The molecule has 6 nitrogen and oxygen atoms in total. The van der Waals surface area contributed by atoms with Crippen LogP contribution in [0.2, 0.25) is 0 Å². The van der Waals surface area contributed by atoms with E-state index in [1.165, 1.54) is 0 Å². The second kappa shape index (κ2) is 9.20. The fourth-order valence-electron chi connectivity index (χ4n) is 2.96. The zero-order valence-corrected chi connectivity index (χ0v) is 17.2. The Hall–Kier alpha value is -3.36. The number of carbonyl (C=O) groups excluding carboxylic acids is 1. The highest BCUT2D eigenvalue weighted by molar-refractivity contribution is 5.94. The second-order valence-electron chi connectivity index (χ2n) is 7.10. The van der Waals surface area contributed by atoms with Crippen LogP contribution in [0.4, 0.5) is 13.2 Å². The first-order valence-corrected chi connectivity index (χ1v) is 9.69. The van der Waals surface area contributed by atoms with Crippen LogP contribution in [0.15, 0.2) is 53.1 Å². The van der Waals surface area contributed by atoms with Gasteiger partial charge in [-0.25, -0.2) is 0 Å². The summed E-state index contributed by atoms with van der Waals surface area (Å²) in [6, 6.07) is 10.6. The summed E-state index contributed by atoms with van der Waals surface area (Å²) in [5.74, 6) is 0.605. The maximum absolute atomic E-state index is 12.8. The van der Waals surface area contributed by atoms with E-state index >= 15 is 0 Å². The fraction of sp³-hybridized carbons (Fsp3) is 0.318. The minimum Gasteiger partial charge on any atom is -0.497 e. The Morgan fingerprint density at radius 2 is 1.90 bits per heavy atom. The Morgan fingerprint density at radius 1 is 1.19 bits per heavy atom. The van der Waals surface area contributed by atoms with Crippen molar-refractivity contribution < 1.29 is 27.2 Å². The van der Waals surface area contributed by atoms with E-state index in [0.29, 0.717) is 23.6 Å². The minimum atomic E-state index is -4.46. The zero-order valence-electron chi connectivity index (χ0n) is 17.2. The summed E-state index contributed by atoms with van der Waals surface area (Å²) in [6.45, 7) is 3.86. The number of methoxy groups -OCH3 is 1. The molecule has 0 bridgehead atoms. The molecule has 2 atom stereocenters. The van der Waals surface area contributed by atoms with E-state index in [0.717, 1.165) is 24.3 Å². The van der Waals surface area contributed by atoms with Gasteiger partial charge in [0, 0.05) is 11.1 Å². The third-order valence-corrected chi connectivity index (χ3v) is 5.01. The predicted octanol–water partition coefficient (Wildman–Crippen LogP) is 5.28. The molecule has 0 aliphatic rings. The SMILES string of the molecule is CC[C@@H](C)[C@H](NC(=O)c1ccc(C(F)(F)F)cc1)c1nc(-c2cccc(OC)c2)no1. The first kappa shape index (κ1) is 22.3. The lowest BCUT2D eigenvalue weighted by molar-refractivity contribution is -0.137. The van der Waals surface area contributed by atoms with Crippen LogP contribution >= 0.6 is 0 Å². The molecule has 1 N–H and O–H groups in total. The second-order valence-corrected chi connectivity index (χ2v) is 7.10. The zero-order chi connectivity index (χ0) is 22.6. The topological polar surface area (TPSA) is 77.2 Å². The van der Waals surface area contributed by atoms with Gasteiger partial charge >= 0.3 is 6.18 Å². The van der Waals surface area contributed by atoms with Crippen LogP contribution in [0.1, 0.15) is 48.1 Å². The highest BCUT2D eigenvalue weighted by Gasteiger charge is 2.31. The van der Waals surface area contributed by atoms with Crippen molar-refractivity contribution in [3.8, 4) is 17.1 Å². The van der Waals surface area contributed by atoms with E-state index in [4.69, 9.17) is 9.26 Å². The molecular formula is C22H22F3N3O3. The van der Waals surface area contributed by atoms with Crippen LogP contribution in [0.5, 0.6) is 5.75 Å². The molecule has 3 aromatic rings. The third kappa shape index (κ3) is 5.22. The van der Waals surface area contributed by atoms with Crippen LogP contribution in [-0.4, -0.2) is 23.2 Å². The van der Waals surface area contributed by atoms with Crippen LogP contribution in [0.25, 0.3) is 11.4 Å². The van der Waals surface area contributed by atoms with Gasteiger partial charge in [-0.1, -0.05) is 37.6 Å². The van der Waals surface area contributed by atoms with Crippen molar-refractivity contribution in [1.82, 2.24) is 15.5 Å². The van der Waals surface area contributed by atoms with Crippen LogP contribution < -0.4 is 10.1 Å². The lowest BCUT2D eigenvalue weighted by atomic mass is 9.98. The van der Waals surface area contributed by atoms with Gasteiger partial charge in [-0.15, -0.1) is 0 Å². The molecule has 0 saturated carbocycles. The lowest BCUT2D eigenvalue weighted by Gasteiger charge is -2.21. The van der Waals surface area contributed by atoms with Gasteiger partial charge in [0.05, 0.1) is 12.7 Å². The Morgan fingerprint density at radius 3 is 2.52 bits per heavy atom. The number of nitrogens with zero attached hydrogens (tertiary/aromatic N) is 2. The summed E-state index contributed by atoms with van der Waals surface area (Å²) in [5, 5.41) is 6.80. The van der Waals surface area contributed by atoms with E-state index in [1.807, 2.05) is 13.8 Å². The number of ether oxygens (including phenoxy) is 1. The van der Waals surface area contributed by atoms with Gasteiger partial charge in [0.15, 0.2) is 0 Å². The Kier molecular flexibility index (Phi) is 6.62. The molecule has 9 heteroatoms. The largest absolute Gasteiger partial charge is 0.497 e. The summed E-state index contributed by atoms with van der Waals surface area (Å²) < 4.78 is 48.9. The fourth-order valence-corrected chi connectivity index (χ4v) is 2.96. The number of nitrogens with one attached hydrogen (secondary N) is 1. The van der Waals surface area contributed by atoms with Crippen LogP contribution in [-0.2, 0) is 6.18 Å². The minimum absolute atomic E-state index is 0.0583. The van der Waals surface area contributed by atoms with E-state index in [1.54, 1.807) is 31.4 Å². The molecule has 164 valence electrons. The van der Waals surface area contributed by atoms with Gasteiger partial charge in [-0.05, 0) is 42.3 Å². The van der Waals surface area contributed by atoms with E-state index in [9.17, 15) is 18.0 Å². The monoisotopic (exact) mass is 433 g/mol. The Labute approximate surface area is 177 Å². The molecule has 0 fully saturated rings. The number of rotatable bonds is 7. The van der Waals surface area contributed by atoms with Crippen molar-refractivity contribution in [2.75, 3.05) is 7.11 Å². The molecule has 0 aliphatic carbocycles. The van der Waals surface area contributed by atoms with Crippen molar-refractivity contribution in [3.05, 3.63) is 65.5 Å². The molecular weight excluding hydrogens is 411 g/mol. The van der Waals surface area contributed by atoms with Gasteiger partial charge in [-0.2, -0.15) is 18.2 Å². The summed E-state index contributed by atoms with van der Waals surface area (Å²) >= 11 is 0. The number of hydrogen-bond acceptors (Lipinski definition) is 5. The smallest absolute Gasteiger partial charge is 0.416 e. The predicted molar refractivity (Wildman–Crippen MR) is 107 cm³/mol. The molecule has 0 radical (unpaired) electrons. The maximum atomic E-state index is 12.8. The summed E-state index contributed by atoms with van der Waals surface area (Å²) in [7, 11) is 1.55. The average molecular weight is 433 g/mol. The third-order valence-electron chi connectivity index (χ3n) is 5.01. The van der Waals surface area contributed by atoms with Crippen molar-refractivity contribution in [3.63, 3.8) is 0 Å². The Bertz CT molecular complexity index is 1030. The molecule has 3 rings (SSSR count). The highest BCUT2D eigenvalue weighted by Crippen LogP contribution is 2.30. The Balaban J connectivity index is 1.82. The number of halogens is 3. The molecule has 0 unspecified atom stereocenters. The number of carbonyl (C=O) groups is 1. The number of hydrogen-bond donors (Lipinski definition) is 1. The lowest BCUT2D eigenvalue weighted by Crippen LogP contribution is -2.32. The number of amides is 1. The van der Waals surface area contributed by atoms with E-state index in [-0.39, 0.29) is 17.4 Å². The average Bonchev–Trinajstić information content (AvgIpc) is 3.26. The molecule has 0 aliphatic heterocycles. The van der Waals surface area contributed by atoms with Crippen molar-refractivity contribution in [1.29, 1.82) is 0 Å². The molecule has 0 saturated heterocycles. The van der Waals surface area contributed by atoms with Crippen molar-refractivity contribution >= 4 is 5.91 Å². The molecule has 1 aromatic heterocycles. The summed E-state index contributed by atoms with van der Waals surface area (Å²) in [6.07, 6.45) is -3.76. The van der Waals surface area contributed by atoms with Gasteiger partial charge in [-0.3, -0.25) is 4.79 Å². The van der Waals surface area contributed by atoms with Crippen molar-refractivity contribution in [2.24, 2.45) is 5.92 Å². The van der Waals surface area contributed by atoms with Gasteiger partial charge in [0.2, 0.25) is 11.7 Å². The number of benzene rings is 2. The molecule has 1 heterocycles. The standard InChI is InChI=1S/C22H22F3N3O3/c1-4-13(2)18(26-20(29)14-8-10-16(11-9-14)22(23,24)25)21-27-19(28-31-21)15-6-5-7-17(12-15)30-3/h5-13,18H,4H2,1-3H3,(H,26,29)/t13-,18+/m1/s1. The molecule has 1 amide bonds. The number of aromatic nitrogens is 2. The molecule has 2 aromatic carbocycles.